The minimum Gasteiger partial charge on any atom is -0.394 e. The molecular formula is C55H105NO18. The molecule has 0 aromatic carbocycles. The van der Waals surface area contributed by atoms with Gasteiger partial charge in [0, 0.05) is 6.42 Å². The van der Waals surface area contributed by atoms with Crippen LogP contribution in [0.25, 0.3) is 0 Å². The molecule has 0 aliphatic carbocycles. The van der Waals surface area contributed by atoms with Gasteiger partial charge >= 0.3 is 0 Å². The van der Waals surface area contributed by atoms with Crippen molar-refractivity contribution in [1.82, 2.24) is 5.32 Å². The fourth-order valence-corrected chi connectivity index (χ4v) is 10.3. The number of carbonyl (C=O) groups is 1. The molecule has 19 nitrogen and oxygen atoms in total. The van der Waals surface area contributed by atoms with E-state index in [1.54, 1.807) is 0 Å². The van der Waals surface area contributed by atoms with Gasteiger partial charge in [-0.1, -0.05) is 194 Å². The summed E-state index contributed by atoms with van der Waals surface area (Å²) in [6.07, 6.45) is 9.30. The van der Waals surface area contributed by atoms with Gasteiger partial charge in [-0.25, -0.2) is 0 Å². The highest BCUT2D eigenvalue weighted by Gasteiger charge is 2.53. The third-order valence-corrected chi connectivity index (χ3v) is 15.2. The molecule has 0 spiro atoms. The third-order valence-electron chi connectivity index (χ3n) is 15.2. The lowest BCUT2D eigenvalue weighted by Crippen LogP contribution is -2.66. The number of hydrogen-bond acceptors (Lipinski definition) is 18. The van der Waals surface area contributed by atoms with Crippen LogP contribution in [0.4, 0.5) is 0 Å². The average molecular weight is 1070 g/mol. The van der Waals surface area contributed by atoms with Crippen molar-refractivity contribution < 1.29 is 89.4 Å². The van der Waals surface area contributed by atoms with Crippen molar-refractivity contribution in [3.63, 3.8) is 0 Å². The first-order valence-corrected chi connectivity index (χ1v) is 29.3. The summed E-state index contributed by atoms with van der Waals surface area (Å²) in [6.45, 7) is 1.77. The van der Waals surface area contributed by atoms with Gasteiger partial charge in [-0.2, -0.15) is 0 Å². The Labute approximate surface area is 443 Å². The Bertz CT molecular complexity index is 1370. The number of ether oxygens (including phenoxy) is 6. The van der Waals surface area contributed by atoms with Crippen molar-refractivity contribution >= 4 is 5.91 Å². The molecule has 17 atom stereocenters. The predicted octanol–water partition coefficient (Wildman–Crippen LogP) is 4.43. The molecule has 1 amide bonds. The molecule has 0 aromatic heterocycles. The van der Waals surface area contributed by atoms with E-state index in [2.05, 4.69) is 19.2 Å². The number of aliphatic hydroxyl groups is 11. The highest BCUT2D eigenvalue weighted by Crippen LogP contribution is 2.33. The fourth-order valence-electron chi connectivity index (χ4n) is 10.3. The molecular weight excluding hydrogens is 963 g/mol. The van der Waals surface area contributed by atoms with Gasteiger partial charge in [0.15, 0.2) is 18.9 Å². The van der Waals surface area contributed by atoms with Crippen molar-refractivity contribution in [2.45, 2.75) is 317 Å². The maximum atomic E-state index is 13.3. The highest BCUT2D eigenvalue weighted by atomic mass is 16.8. The third kappa shape index (κ3) is 24.4. The van der Waals surface area contributed by atoms with Crippen LogP contribution in [0.1, 0.15) is 213 Å². The first kappa shape index (κ1) is 67.1. The summed E-state index contributed by atoms with van der Waals surface area (Å²) in [4.78, 5) is 13.3. The Balaban J connectivity index is 1.46. The van der Waals surface area contributed by atoms with Crippen LogP contribution >= 0.6 is 0 Å². The van der Waals surface area contributed by atoms with Gasteiger partial charge in [-0.05, 0) is 12.8 Å². The van der Waals surface area contributed by atoms with Crippen molar-refractivity contribution in [2.75, 3.05) is 26.4 Å². The first-order chi connectivity index (χ1) is 35.8. The van der Waals surface area contributed by atoms with E-state index in [0.29, 0.717) is 12.8 Å². The molecule has 0 saturated carbocycles. The van der Waals surface area contributed by atoms with Crippen LogP contribution in [0.2, 0.25) is 0 Å². The second-order valence-electron chi connectivity index (χ2n) is 21.5. The van der Waals surface area contributed by atoms with E-state index in [1.165, 1.54) is 135 Å². The minimum absolute atomic E-state index is 0.241. The Morgan fingerprint density at radius 3 is 1.18 bits per heavy atom. The molecule has 0 radical (unpaired) electrons. The molecule has 3 aliphatic heterocycles. The van der Waals surface area contributed by atoms with Crippen LogP contribution in [-0.4, -0.2) is 193 Å². The van der Waals surface area contributed by atoms with Gasteiger partial charge < -0.3 is 89.9 Å². The second-order valence-corrected chi connectivity index (χ2v) is 21.5. The Morgan fingerprint density at radius 2 is 0.770 bits per heavy atom. The van der Waals surface area contributed by atoms with Gasteiger partial charge in [-0.15, -0.1) is 0 Å². The molecule has 3 saturated heterocycles. The van der Waals surface area contributed by atoms with Crippen molar-refractivity contribution in [2.24, 2.45) is 0 Å². The number of amides is 1. The predicted molar refractivity (Wildman–Crippen MR) is 277 cm³/mol. The standard InChI is InChI=1S/C55H105NO18/c1-3-5-7-9-11-13-14-15-16-17-18-19-20-21-22-23-25-27-29-31-33-43(61)56-38(39(60)32-30-28-26-24-12-10-8-6-4-2)37-69-53-49(67)46(64)51(41(35-58)71-53)74-55-50(68)47(65)52(42(36-59)72-55)73-54-48(66)45(63)44(62)40(34-57)70-54/h38-42,44-55,57-60,62-68H,3-37H2,1-2H3,(H,56,61). The summed E-state index contributed by atoms with van der Waals surface area (Å²) in [6, 6.07) is -0.878. The van der Waals surface area contributed by atoms with E-state index in [0.717, 1.165) is 44.9 Å². The van der Waals surface area contributed by atoms with E-state index in [9.17, 15) is 61.0 Å². The summed E-state index contributed by atoms with van der Waals surface area (Å²) < 4.78 is 34.2. The van der Waals surface area contributed by atoms with Gasteiger partial charge in [0.25, 0.3) is 0 Å². The summed E-state index contributed by atoms with van der Waals surface area (Å²) >= 11 is 0. The molecule has 3 rings (SSSR count). The number of carbonyl (C=O) groups excluding carboxylic acids is 1. The van der Waals surface area contributed by atoms with Gasteiger partial charge in [0.05, 0.1) is 38.6 Å². The normalized spacial score (nSPS) is 31.4. The first-order valence-electron chi connectivity index (χ1n) is 29.3. The lowest BCUT2D eigenvalue weighted by atomic mass is 9.96. The SMILES string of the molecule is CCCCCCCCCCCCCCCCCCCCCCC(=O)NC(COC1OC(CO)C(OC2OC(CO)C(OC3OC(CO)C(O)C(O)C3O)C(O)C2O)C(O)C1O)C(O)CCCCCCCCCCC. The van der Waals surface area contributed by atoms with E-state index in [-0.39, 0.29) is 18.9 Å². The molecule has 74 heavy (non-hydrogen) atoms. The second kappa shape index (κ2) is 40.0. The number of unbranched alkanes of at least 4 members (excludes halogenated alkanes) is 27. The van der Waals surface area contributed by atoms with Crippen molar-refractivity contribution in [3.05, 3.63) is 0 Å². The molecule has 3 fully saturated rings. The van der Waals surface area contributed by atoms with Crippen LogP contribution in [0.15, 0.2) is 0 Å². The molecule has 19 heteroatoms. The zero-order valence-corrected chi connectivity index (χ0v) is 45.3. The number of rotatable bonds is 43. The quantitative estimate of drug-likeness (QED) is 0.0376. The molecule has 0 aromatic rings. The molecule has 3 heterocycles. The summed E-state index contributed by atoms with van der Waals surface area (Å²) in [7, 11) is 0. The van der Waals surface area contributed by atoms with E-state index in [4.69, 9.17) is 28.4 Å². The van der Waals surface area contributed by atoms with E-state index in [1.807, 2.05) is 0 Å². The molecule has 3 aliphatic rings. The van der Waals surface area contributed by atoms with Crippen LogP contribution < -0.4 is 5.32 Å². The lowest BCUT2D eigenvalue weighted by Gasteiger charge is -2.48. The molecule has 17 unspecified atom stereocenters. The van der Waals surface area contributed by atoms with Crippen molar-refractivity contribution in [3.8, 4) is 0 Å². The molecule has 438 valence electrons. The molecule has 0 bridgehead atoms. The lowest BCUT2D eigenvalue weighted by molar-refractivity contribution is -0.379. The Kier molecular flexibility index (Phi) is 36.3. The largest absolute Gasteiger partial charge is 0.394 e. The molecule has 12 N–H and O–H groups in total. The van der Waals surface area contributed by atoms with Gasteiger partial charge in [0.1, 0.15) is 73.2 Å². The smallest absolute Gasteiger partial charge is 0.220 e. The zero-order valence-electron chi connectivity index (χ0n) is 45.3. The fraction of sp³-hybridized carbons (Fsp3) is 0.982. The van der Waals surface area contributed by atoms with Gasteiger partial charge in [-0.3, -0.25) is 4.79 Å². The van der Waals surface area contributed by atoms with Crippen LogP contribution in [0, 0.1) is 0 Å². The average Bonchev–Trinajstić information content (AvgIpc) is 3.40. The maximum Gasteiger partial charge on any atom is 0.220 e. The highest BCUT2D eigenvalue weighted by molar-refractivity contribution is 5.76. The summed E-state index contributed by atoms with van der Waals surface area (Å²) in [5, 5.41) is 120. The number of nitrogens with one attached hydrogen (secondary N) is 1. The number of hydrogen-bond donors (Lipinski definition) is 12. The number of aliphatic hydroxyl groups excluding tert-OH is 11. The monoisotopic (exact) mass is 1070 g/mol. The van der Waals surface area contributed by atoms with Crippen molar-refractivity contribution in [1.29, 1.82) is 0 Å². The van der Waals surface area contributed by atoms with Gasteiger partial charge in [0.2, 0.25) is 5.91 Å². The van der Waals surface area contributed by atoms with Crippen LogP contribution in [0.5, 0.6) is 0 Å². The van der Waals surface area contributed by atoms with E-state index >= 15 is 0 Å². The Hall–Kier alpha value is -1.21. The van der Waals surface area contributed by atoms with Crippen LogP contribution in [0.3, 0.4) is 0 Å². The minimum atomic E-state index is -1.97. The van der Waals surface area contributed by atoms with E-state index < -0.39 is 124 Å². The maximum absolute atomic E-state index is 13.3. The van der Waals surface area contributed by atoms with Crippen LogP contribution in [-0.2, 0) is 33.2 Å². The summed E-state index contributed by atoms with van der Waals surface area (Å²) in [5.74, 6) is -0.241. The topological polar surface area (TPSA) is 307 Å². The Morgan fingerprint density at radius 1 is 0.432 bits per heavy atom. The summed E-state index contributed by atoms with van der Waals surface area (Å²) in [5.41, 5.74) is 0. The zero-order chi connectivity index (χ0) is 54.1.